The van der Waals surface area contributed by atoms with Gasteiger partial charge in [-0.25, -0.2) is 14.4 Å². The van der Waals surface area contributed by atoms with Crippen LogP contribution in [0.1, 0.15) is 16.8 Å². The Morgan fingerprint density at radius 2 is 1.83 bits per heavy atom. The van der Waals surface area contributed by atoms with Gasteiger partial charge in [0.15, 0.2) is 5.13 Å². The number of halogens is 1. The highest BCUT2D eigenvalue weighted by Gasteiger charge is 2.21. The smallest absolute Gasteiger partial charge is 0.187 e. The summed E-state index contributed by atoms with van der Waals surface area (Å²) in [7, 11) is 0. The Labute approximate surface area is 214 Å². The number of aliphatic hydroxyl groups is 1. The zero-order chi connectivity index (χ0) is 25.5. The van der Waals surface area contributed by atoms with Gasteiger partial charge in [0.25, 0.3) is 0 Å². The lowest BCUT2D eigenvalue weighted by Gasteiger charge is -2.13. The van der Waals surface area contributed by atoms with Crippen LogP contribution in [0.4, 0.5) is 21.0 Å². The fourth-order valence-electron chi connectivity index (χ4n) is 3.32. The summed E-state index contributed by atoms with van der Waals surface area (Å²) < 4.78 is 19.3. The number of para-hydroxylation sites is 1. The summed E-state index contributed by atoms with van der Waals surface area (Å²) in [6, 6.07) is 17.4. The zero-order valence-corrected chi connectivity index (χ0v) is 20.4. The van der Waals surface area contributed by atoms with E-state index in [4.69, 9.17) is 15.6 Å². The van der Waals surface area contributed by atoms with Crippen molar-refractivity contribution in [3.05, 3.63) is 76.5 Å². The maximum absolute atomic E-state index is 13.9. The number of anilines is 3. The number of aromatic nitrogens is 2. The second kappa shape index (κ2) is 11.5. The first-order chi connectivity index (χ1) is 17.5. The molecule has 0 bridgehead atoms. The van der Waals surface area contributed by atoms with Gasteiger partial charge in [-0.15, -0.1) is 11.3 Å². The summed E-state index contributed by atoms with van der Waals surface area (Å²) in [6.07, 6.45) is 0. The first-order valence-electron chi connectivity index (χ1n) is 10.6. The Bertz CT molecular complexity index is 1460. The van der Waals surface area contributed by atoms with Crippen LogP contribution in [0.3, 0.4) is 0 Å². The Balaban J connectivity index is 1.59. The summed E-state index contributed by atoms with van der Waals surface area (Å²) in [5, 5.41) is 34.3. The number of thiazole rings is 1. The normalized spacial score (nSPS) is 10.4. The number of nitrogens with one attached hydrogen (secondary N) is 1. The number of nitriles is 2. The van der Waals surface area contributed by atoms with Gasteiger partial charge in [0.1, 0.15) is 46.7 Å². The lowest BCUT2D eigenvalue weighted by Crippen LogP contribution is -2.04. The van der Waals surface area contributed by atoms with E-state index in [1.165, 1.54) is 29.2 Å². The molecule has 0 amide bonds. The van der Waals surface area contributed by atoms with Gasteiger partial charge < -0.3 is 20.9 Å². The molecule has 0 fully saturated rings. The second-order valence-electron chi connectivity index (χ2n) is 7.28. The number of nitrogens with zero attached hydrogens (tertiary/aromatic N) is 4. The standard InChI is InChI=1S/C25H19FN6O2S2/c26-20-3-1-2-4-21(20)31-25-30-16(14-36-25)13-35-24-19(12-28)22(18(11-27)23(29)32-24)15-5-7-17(8-6-15)34-10-9-33/h1-8,14,33H,9-10,13H2,(H2,29,32)(H,30,31). The number of rotatable bonds is 9. The highest BCUT2D eigenvalue weighted by Crippen LogP contribution is 2.37. The topological polar surface area (TPSA) is 141 Å². The van der Waals surface area contributed by atoms with Crippen LogP contribution in [-0.4, -0.2) is 28.3 Å². The van der Waals surface area contributed by atoms with Crippen molar-refractivity contribution in [2.45, 2.75) is 10.8 Å². The lowest BCUT2D eigenvalue weighted by atomic mass is 9.97. The van der Waals surface area contributed by atoms with Gasteiger partial charge in [-0.3, -0.25) is 0 Å². The van der Waals surface area contributed by atoms with Crippen LogP contribution in [0.2, 0.25) is 0 Å². The SMILES string of the molecule is N#Cc1c(N)nc(SCc2csc(Nc3ccccc3F)n2)c(C#N)c1-c1ccc(OCCO)cc1. The van der Waals surface area contributed by atoms with Crippen LogP contribution in [0.15, 0.2) is 58.9 Å². The Hall–Kier alpha value is -4.16. The summed E-state index contributed by atoms with van der Waals surface area (Å²) in [4.78, 5) is 8.80. The molecule has 11 heteroatoms. The van der Waals surface area contributed by atoms with Crippen LogP contribution in [0.5, 0.6) is 5.75 Å². The summed E-state index contributed by atoms with van der Waals surface area (Å²) >= 11 is 2.60. The summed E-state index contributed by atoms with van der Waals surface area (Å²) in [5.74, 6) is 0.579. The van der Waals surface area contributed by atoms with Crippen LogP contribution in [0, 0.1) is 28.5 Å². The minimum absolute atomic E-state index is 0.0230. The number of nitrogens with two attached hydrogens (primary N) is 1. The molecule has 4 aromatic rings. The number of nitrogen functional groups attached to an aromatic ring is 1. The molecule has 36 heavy (non-hydrogen) atoms. The Kier molecular flexibility index (Phi) is 7.98. The number of benzene rings is 2. The van der Waals surface area contributed by atoms with Gasteiger partial charge in [0.05, 0.1) is 23.6 Å². The number of hydrogen-bond donors (Lipinski definition) is 3. The molecule has 180 valence electrons. The molecule has 4 rings (SSSR count). The average molecular weight is 519 g/mol. The summed E-state index contributed by atoms with van der Waals surface area (Å²) in [5.41, 5.74) is 8.49. The van der Waals surface area contributed by atoms with E-state index in [1.54, 1.807) is 42.5 Å². The van der Waals surface area contributed by atoms with Gasteiger partial charge >= 0.3 is 0 Å². The fourth-order valence-corrected chi connectivity index (χ4v) is 5.04. The third-order valence-electron chi connectivity index (χ3n) is 4.94. The van der Waals surface area contributed by atoms with Crippen molar-refractivity contribution < 1.29 is 14.2 Å². The van der Waals surface area contributed by atoms with Crippen LogP contribution < -0.4 is 15.8 Å². The highest BCUT2D eigenvalue weighted by molar-refractivity contribution is 7.98. The lowest BCUT2D eigenvalue weighted by molar-refractivity contribution is 0.201. The minimum Gasteiger partial charge on any atom is -0.491 e. The molecule has 0 saturated carbocycles. The Morgan fingerprint density at radius 1 is 1.08 bits per heavy atom. The molecule has 2 aromatic heterocycles. The molecule has 0 aliphatic carbocycles. The number of aliphatic hydroxyl groups excluding tert-OH is 1. The maximum Gasteiger partial charge on any atom is 0.187 e. The van der Waals surface area contributed by atoms with Crippen molar-refractivity contribution in [3.8, 4) is 29.0 Å². The van der Waals surface area contributed by atoms with E-state index in [9.17, 15) is 14.9 Å². The van der Waals surface area contributed by atoms with Gasteiger partial charge in [-0.2, -0.15) is 10.5 Å². The van der Waals surface area contributed by atoms with Crippen molar-refractivity contribution in [3.63, 3.8) is 0 Å². The van der Waals surface area contributed by atoms with Crippen molar-refractivity contribution in [2.75, 3.05) is 24.3 Å². The molecule has 0 atom stereocenters. The van der Waals surface area contributed by atoms with Gasteiger partial charge in [-0.1, -0.05) is 36.0 Å². The van der Waals surface area contributed by atoms with E-state index in [-0.39, 0.29) is 36.0 Å². The molecular formula is C25H19FN6O2S2. The van der Waals surface area contributed by atoms with E-state index >= 15 is 0 Å². The zero-order valence-electron chi connectivity index (χ0n) is 18.7. The van der Waals surface area contributed by atoms with E-state index in [0.29, 0.717) is 44.2 Å². The van der Waals surface area contributed by atoms with Crippen molar-refractivity contribution in [1.29, 1.82) is 10.5 Å². The molecule has 8 nitrogen and oxygen atoms in total. The number of pyridine rings is 1. The molecule has 0 aliphatic rings. The molecule has 0 spiro atoms. The molecule has 2 heterocycles. The largest absolute Gasteiger partial charge is 0.491 e. The monoisotopic (exact) mass is 518 g/mol. The van der Waals surface area contributed by atoms with Crippen LogP contribution in [0.25, 0.3) is 11.1 Å². The molecule has 4 N–H and O–H groups in total. The Morgan fingerprint density at radius 3 is 2.53 bits per heavy atom. The maximum atomic E-state index is 13.9. The second-order valence-corrected chi connectivity index (χ2v) is 9.11. The third kappa shape index (κ3) is 5.56. The van der Waals surface area contributed by atoms with E-state index in [1.807, 2.05) is 5.38 Å². The van der Waals surface area contributed by atoms with Crippen molar-refractivity contribution in [1.82, 2.24) is 9.97 Å². The van der Waals surface area contributed by atoms with Crippen molar-refractivity contribution in [2.24, 2.45) is 0 Å². The highest BCUT2D eigenvalue weighted by atomic mass is 32.2. The van der Waals surface area contributed by atoms with E-state index in [0.717, 1.165) is 0 Å². The number of hydrogen-bond acceptors (Lipinski definition) is 10. The average Bonchev–Trinajstić information content (AvgIpc) is 3.34. The number of ether oxygens (including phenoxy) is 1. The predicted molar refractivity (Wildman–Crippen MR) is 137 cm³/mol. The van der Waals surface area contributed by atoms with Gasteiger partial charge in [-0.05, 0) is 29.8 Å². The van der Waals surface area contributed by atoms with Crippen LogP contribution in [-0.2, 0) is 5.75 Å². The van der Waals surface area contributed by atoms with Gasteiger partial charge in [0.2, 0.25) is 0 Å². The van der Waals surface area contributed by atoms with E-state index in [2.05, 4.69) is 27.4 Å². The number of thioether (sulfide) groups is 1. The molecular weight excluding hydrogens is 499 g/mol. The molecule has 0 unspecified atom stereocenters. The molecule has 0 aliphatic heterocycles. The van der Waals surface area contributed by atoms with Gasteiger partial charge in [0, 0.05) is 16.7 Å². The first kappa shape index (κ1) is 24.9. The van der Waals surface area contributed by atoms with Crippen molar-refractivity contribution >= 4 is 39.7 Å². The fraction of sp³-hybridized carbons (Fsp3) is 0.120. The molecule has 2 aromatic carbocycles. The first-order valence-corrected chi connectivity index (χ1v) is 12.5. The molecule has 0 radical (unpaired) electrons. The van der Waals surface area contributed by atoms with E-state index < -0.39 is 0 Å². The molecule has 0 saturated heterocycles. The predicted octanol–water partition coefficient (Wildman–Crippen LogP) is 5.08. The minimum atomic E-state index is -0.375. The summed E-state index contributed by atoms with van der Waals surface area (Å²) in [6.45, 7) is 0.0451. The third-order valence-corrected chi connectivity index (χ3v) is 6.76. The quantitative estimate of drug-likeness (QED) is 0.259. The van der Waals surface area contributed by atoms with Crippen LogP contribution >= 0.6 is 23.1 Å².